The van der Waals surface area contributed by atoms with Gasteiger partial charge in [0.05, 0.1) is 66.5 Å². The number of para-hydroxylation sites is 9. The van der Waals surface area contributed by atoms with Crippen LogP contribution in [0.15, 0.2) is 279 Å². The summed E-state index contributed by atoms with van der Waals surface area (Å²) in [7, 11) is 0. The minimum Gasteiger partial charge on any atom is -0.309 e. The van der Waals surface area contributed by atoms with Crippen LogP contribution >= 0.6 is 0 Å². The summed E-state index contributed by atoms with van der Waals surface area (Å²) in [5.74, 6) is 1.59. The number of fused-ring (bicyclic) bond motifs is 15. The summed E-state index contributed by atoms with van der Waals surface area (Å²) in [6, 6.07) is 100. The lowest BCUT2D eigenvalue weighted by molar-refractivity contribution is 0.893. The molecule has 0 aliphatic heterocycles. The van der Waals surface area contributed by atoms with Crippen LogP contribution in [0.25, 0.3) is 161 Å². The van der Waals surface area contributed by atoms with Crippen molar-refractivity contribution in [2.24, 2.45) is 0 Å². The molecular formula is C75H46N8. The first kappa shape index (κ1) is 45.5. The van der Waals surface area contributed by atoms with Crippen LogP contribution in [-0.4, -0.2) is 37.8 Å². The van der Waals surface area contributed by atoms with Crippen LogP contribution in [0.1, 0.15) is 0 Å². The number of aromatic nitrogens is 8. The number of hydrogen-bond donors (Lipinski definition) is 0. The van der Waals surface area contributed by atoms with Crippen molar-refractivity contribution >= 4 is 109 Å². The van der Waals surface area contributed by atoms with Crippen molar-refractivity contribution in [1.82, 2.24) is 37.8 Å². The Hall–Kier alpha value is -11.4. The van der Waals surface area contributed by atoms with E-state index >= 15 is 0 Å². The van der Waals surface area contributed by atoms with Crippen molar-refractivity contribution in [2.45, 2.75) is 0 Å². The molecule has 83 heavy (non-hydrogen) atoms. The van der Waals surface area contributed by atoms with Crippen LogP contribution in [0, 0.1) is 0 Å². The third-order valence-electron chi connectivity index (χ3n) is 17.2. The lowest BCUT2D eigenvalue weighted by Crippen LogP contribution is -2.10. The van der Waals surface area contributed by atoms with Crippen molar-refractivity contribution in [1.29, 1.82) is 0 Å². The molecule has 0 bridgehead atoms. The fourth-order valence-electron chi connectivity index (χ4n) is 13.7. The molecule has 12 aromatic carbocycles. The van der Waals surface area contributed by atoms with Gasteiger partial charge in [-0.2, -0.15) is 15.0 Å². The van der Waals surface area contributed by atoms with Crippen molar-refractivity contribution in [2.75, 3.05) is 0 Å². The summed E-state index contributed by atoms with van der Waals surface area (Å²) >= 11 is 0. The first-order chi connectivity index (χ1) is 41.2. The number of rotatable bonds is 7. The maximum atomic E-state index is 5.63. The van der Waals surface area contributed by atoms with Crippen LogP contribution < -0.4 is 0 Å². The maximum absolute atomic E-state index is 5.63. The van der Waals surface area contributed by atoms with Crippen LogP contribution in [0.2, 0.25) is 0 Å². The van der Waals surface area contributed by atoms with Crippen molar-refractivity contribution in [3.8, 4) is 51.5 Å². The van der Waals surface area contributed by atoms with Crippen LogP contribution in [0.5, 0.6) is 0 Å². The topological polar surface area (TPSA) is 63.3 Å². The molecule has 0 N–H and O–H groups in total. The van der Waals surface area contributed by atoms with E-state index in [1.54, 1.807) is 0 Å². The zero-order valence-corrected chi connectivity index (χ0v) is 44.6. The monoisotopic (exact) mass is 1060 g/mol. The third kappa shape index (κ3) is 6.60. The summed E-state index contributed by atoms with van der Waals surface area (Å²) in [6.07, 6.45) is 0. The number of benzene rings is 12. The van der Waals surface area contributed by atoms with E-state index in [2.05, 4.69) is 302 Å². The van der Waals surface area contributed by atoms with Gasteiger partial charge >= 0.3 is 0 Å². The van der Waals surface area contributed by atoms with E-state index in [0.717, 1.165) is 110 Å². The van der Waals surface area contributed by atoms with Gasteiger partial charge in [-0.15, -0.1) is 0 Å². The summed E-state index contributed by atoms with van der Waals surface area (Å²) in [4.78, 5) is 16.8. The summed E-state index contributed by atoms with van der Waals surface area (Å²) in [6.45, 7) is 0. The molecule has 18 aromatic rings. The smallest absolute Gasteiger partial charge is 0.240 e. The Morgan fingerprint density at radius 3 is 0.892 bits per heavy atom. The molecule has 0 amide bonds. The average Bonchev–Trinajstić information content (AvgIpc) is 4.55. The fourth-order valence-corrected chi connectivity index (χ4v) is 13.7. The Morgan fingerprint density at radius 1 is 0.205 bits per heavy atom. The molecule has 0 fully saturated rings. The van der Waals surface area contributed by atoms with E-state index in [-0.39, 0.29) is 0 Å². The fraction of sp³-hybridized carbons (Fsp3) is 0. The minimum atomic E-state index is 0.518. The maximum Gasteiger partial charge on any atom is 0.240 e. The Kier molecular flexibility index (Phi) is 9.64. The Labute approximate surface area is 474 Å². The van der Waals surface area contributed by atoms with Gasteiger partial charge < -0.3 is 13.7 Å². The normalized spacial score (nSPS) is 12.1. The van der Waals surface area contributed by atoms with E-state index < -0.39 is 0 Å². The van der Waals surface area contributed by atoms with Gasteiger partial charge in [0.25, 0.3) is 0 Å². The summed E-state index contributed by atoms with van der Waals surface area (Å²) in [5.41, 5.74) is 17.0. The van der Waals surface area contributed by atoms with Crippen LogP contribution in [0.3, 0.4) is 0 Å². The third-order valence-corrected chi connectivity index (χ3v) is 17.2. The summed E-state index contributed by atoms with van der Waals surface area (Å²) in [5, 5.41) is 11.7. The van der Waals surface area contributed by atoms with Gasteiger partial charge in [-0.3, -0.25) is 9.13 Å². The first-order valence-corrected chi connectivity index (χ1v) is 28.2. The van der Waals surface area contributed by atoms with Crippen LogP contribution in [-0.2, 0) is 0 Å². The molecule has 0 radical (unpaired) electrons. The van der Waals surface area contributed by atoms with E-state index in [1.807, 2.05) is 0 Å². The molecule has 386 valence electrons. The predicted octanol–water partition coefficient (Wildman–Crippen LogP) is 18.7. The Morgan fingerprint density at radius 2 is 0.506 bits per heavy atom. The second-order valence-corrected chi connectivity index (χ2v) is 21.5. The minimum absolute atomic E-state index is 0.518. The lowest BCUT2D eigenvalue weighted by Gasteiger charge is -2.20. The molecule has 0 aliphatic rings. The molecular weight excluding hydrogens is 1010 g/mol. The van der Waals surface area contributed by atoms with E-state index in [0.29, 0.717) is 17.7 Å². The van der Waals surface area contributed by atoms with Gasteiger partial charge in [0.15, 0.2) is 5.82 Å². The first-order valence-electron chi connectivity index (χ1n) is 28.2. The Balaban J connectivity index is 0.909. The van der Waals surface area contributed by atoms with Crippen LogP contribution in [0.4, 0.5) is 0 Å². The van der Waals surface area contributed by atoms with Crippen molar-refractivity contribution in [3.05, 3.63) is 279 Å². The van der Waals surface area contributed by atoms with E-state index in [4.69, 9.17) is 15.0 Å². The predicted molar refractivity (Wildman–Crippen MR) is 342 cm³/mol. The molecule has 0 saturated heterocycles. The Bertz CT molecular complexity index is 5380. The molecule has 6 heterocycles. The lowest BCUT2D eigenvalue weighted by atomic mass is 9.98. The highest BCUT2D eigenvalue weighted by molar-refractivity contribution is 6.15. The molecule has 0 spiro atoms. The second-order valence-electron chi connectivity index (χ2n) is 21.5. The highest BCUT2D eigenvalue weighted by Gasteiger charge is 2.25. The van der Waals surface area contributed by atoms with Gasteiger partial charge in [-0.05, 0) is 96.6 Å². The van der Waals surface area contributed by atoms with Gasteiger partial charge in [-0.1, -0.05) is 188 Å². The summed E-state index contributed by atoms with van der Waals surface area (Å²) < 4.78 is 11.7. The van der Waals surface area contributed by atoms with Crippen molar-refractivity contribution in [3.63, 3.8) is 0 Å². The van der Waals surface area contributed by atoms with E-state index in [1.165, 1.54) is 32.3 Å². The largest absolute Gasteiger partial charge is 0.309 e. The van der Waals surface area contributed by atoms with Crippen molar-refractivity contribution < 1.29 is 0 Å². The molecule has 8 heteroatoms. The molecule has 6 aromatic heterocycles. The molecule has 18 rings (SSSR count). The van der Waals surface area contributed by atoms with E-state index in [9.17, 15) is 0 Å². The average molecular weight is 1060 g/mol. The zero-order chi connectivity index (χ0) is 54.3. The molecule has 8 nitrogen and oxygen atoms in total. The standard InChI is InChI=1S/C75H46N8/c1-10-32-60-50(23-1)51-24-2-11-33-61(51)79(60)49-43-44-69-59(46-49)58-31-9-18-40-68(58)83(69)75-77-73(76-74(78-75)82-66-38-16-7-29-56(66)57-30-8-17-39-67(57)82)48-22-19-21-47(45-48)72-70(80-62-34-12-3-25-52(62)53-26-4-13-35-63(53)80)41-20-42-71(72)81-64-36-14-5-27-54(64)55-28-6-15-37-65(55)81/h1-46H. The number of hydrogen-bond acceptors (Lipinski definition) is 3. The molecule has 0 unspecified atom stereocenters. The van der Waals surface area contributed by atoms with Gasteiger partial charge in [0.1, 0.15) is 0 Å². The van der Waals surface area contributed by atoms with Gasteiger partial charge in [-0.25, -0.2) is 0 Å². The molecule has 0 aliphatic carbocycles. The van der Waals surface area contributed by atoms with Gasteiger partial charge in [0.2, 0.25) is 11.9 Å². The quantitative estimate of drug-likeness (QED) is 0.160. The zero-order valence-electron chi connectivity index (χ0n) is 44.6. The highest BCUT2D eigenvalue weighted by Crippen LogP contribution is 2.44. The number of nitrogens with zero attached hydrogens (tertiary/aromatic N) is 8. The highest BCUT2D eigenvalue weighted by atomic mass is 15.3. The second kappa shape index (κ2) is 17.6. The molecule has 0 saturated carbocycles. The molecule has 0 atom stereocenters. The van der Waals surface area contributed by atoms with Gasteiger partial charge in [0, 0.05) is 70.7 Å². The SMILES string of the molecule is c1cc(-c2nc(-n3c4ccccc4c4ccccc43)nc(-n3c4ccccc4c4cc(-n5c6ccccc6c6ccccc65)ccc43)n2)cc(-c2c(-n3c4ccccc4c4ccccc43)cccc2-n2c3ccccc3c3ccccc32)c1.